The number of hydrogen-bond donors (Lipinski definition) is 0. The van der Waals surface area contributed by atoms with Crippen molar-refractivity contribution in [2.75, 3.05) is 6.54 Å². The average molecular weight is 383 g/mol. The minimum absolute atomic E-state index is 0.000269. The number of nitrogens with zero attached hydrogens (tertiary/aromatic N) is 1. The normalized spacial score (nSPS) is 12.3. The number of benzene rings is 1. The molecule has 0 fully saturated rings. The molecule has 0 heterocycles. The number of rotatable bonds is 12. The van der Waals surface area contributed by atoms with Crippen LogP contribution in [0.3, 0.4) is 0 Å². The lowest BCUT2D eigenvalue weighted by molar-refractivity contribution is -0.178. The summed E-state index contributed by atoms with van der Waals surface area (Å²) in [6.07, 6.45) is 1.09. The Morgan fingerprint density at radius 2 is 1.74 bits per heavy atom. The first kappa shape index (κ1) is 22.8. The molecule has 1 amide bonds. The number of carbonyl (C=O) groups excluding carboxylic acids is 1. The lowest BCUT2D eigenvalue weighted by Crippen LogP contribution is -2.49. The zero-order chi connectivity index (χ0) is 20.1. The second-order valence-corrected chi connectivity index (χ2v) is 6.31. The molecule has 0 aliphatic rings. The second-order valence-electron chi connectivity index (χ2n) is 6.31. The Morgan fingerprint density at radius 1 is 1.07 bits per heavy atom. The predicted octanol–water partition coefficient (Wildman–Crippen LogP) is 6.27. The Morgan fingerprint density at radius 3 is 2.33 bits per heavy atom. The molecule has 0 saturated heterocycles. The molecule has 0 saturated carbocycles. The molecule has 27 heavy (non-hydrogen) atoms. The summed E-state index contributed by atoms with van der Waals surface area (Å²) >= 11 is 0. The molecule has 1 rings (SSSR count). The lowest BCUT2D eigenvalue weighted by Gasteiger charge is -2.32. The average Bonchev–Trinajstić information content (AvgIpc) is 2.64. The summed E-state index contributed by atoms with van der Waals surface area (Å²) in [5, 5.41) is 0. The topological polar surface area (TPSA) is 29.5 Å². The van der Waals surface area contributed by atoms with Crippen molar-refractivity contribution < 1.29 is 22.7 Å². The van der Waals surface area contributed by atoms with E-state index in [2.05, 4.69) is 13.2 Å². The molecule has 1 aromatic carbocycles. The van der Waals surface area contributed by atoms with Gasteiger partial charge >= 0.3 is 12.3 Å². The molecular formula is C21H28F3NO2. The van der Waals surface area contributed by atoms with Crippen molar-refractivity contribution in [3.05, 3.63) is 61.2 Å². The molecule has 0 radical (unpaired) electrons. The summed E-state index contributed by atoms with van der Waals surface area (Å²) in [5.41, 5.74) is 0.725. The Balaban J connectivity index is 2.73. The number of hydrogen-bond acceptors (Lipinski definition) is 2. The van der Waals surface area contributed by atoms with Crippen molar-refractivity contribution in [3.8, 4) is 0 Å². The fourth-order valence-electron chi connectivity index (χ4n) is 2.70. The molecule has 3 nitrogen and oxygen atoms in total. The molecule has 150 valence electrons. The van der Waals surface area contributed by atoms with Crippen molar-refractivity contribution >= 4 is 6.09 Å². The zero-order valence-electron chi connectivity index (χ0n) is 15.6. The summed E-state index contributed by atoms with van der Waals surface area (Å²) in [5.74, 6) is 0. The maximum absolute atomic E-state index is 13.4. The highest BCUT2D eigenvalue weighted by Crippen LogP contribution is 2.29. The van der Waals surface area contributed by atoms with Crippen LogP contribution in [0, 0.1) is 0 Å². The first-order chi connectivity index (χ1) is 12.9. The van der Waals surface area contributed by atoms with Crippen molar-refractivity contribution in [2.45, 2.75) is 57.3 Å². The van der Waals surface area contributed by atoms with Crippen LogP contribution in [0.4, 0.5) is 18.0 Å². The third-order valence-corrected chi connectivity index (χ3v) is 4.14. The smallest absolute Gasteiger partial charge is 0.410 e. The van der Waals surface area contributed by atoms with Gasteiger partial charge in [-0.25, -0.2) is 4.79 Å². The number of amides is 1. The molecule has 1 atom stereocenters. The minimum atomic E-state index is -4.54. The third-order valence-electron chi connectivity index (χ3n) is 4.14. The van der Waals surface area contributed by atoms with Gasteiger partial charge in [0, 0.05) is 6.54 Å². The van der Waals surface area contributed by atoms with Gasteiger partial charge in [-0.1, -0.05) is 55.3 Å². The highest BCUT2D eigenvalue weighted by Gasteiger charge is 2.45. The van der Waals surface area contributed by atoms with Crippen LogP contribution in [0.5, 0.6) is 0 Å². The van der Waals surface area contributed by atoms with Crippen LogP contribution in [-0.4, -0.2) is 29.8 Å². The first-order valence-corrected chi connectivity index (χ1v) is 9.16. The van der Waals surface area contributed by atoms with Crippen LogP contribution in [0.2, 0.25) is 0 Å². The van der Waals surface area contributed by atoms with E-state index in [1.807, 2.05) is 12.1 Å². The van der Waals surface area contributed by atoms with Crippen LogP contribution in [0.15, 0.2) is 55.6 Å². The molecule has 1 aromatic rings. The van der Waals surface area contributed by atoms with Crippen molar-refractivity contribution in [2.24, 2.45) is 0 Å². The van der Waals surface area contributed by atoms with E-state index in [1.165, 1.54) is 6.08 Å². The van der Waals surface area contributed by atoms with E-state index >= 15 is 0 Å². The van der Waals surface area contributed by atoms with Gasteiger partial charge in [0.05, 0.1) is 0 Å². The van der Waals surface area contributed by atoms with Gasteiger partial charge in [-0.15, -0.1) is 13.2 Å². The Bertz CT molecular complexity index is 573. The monoisotopic (exact) mass is 383 g/mol. The molecule has 6 heteroatoms. The molecule has 0 bridgehead atoms. The Kier molecular flexibility index (Phi) is 10.3. The summed E-state index contributed by atoms with van der Waals surface area (Å²) in [6, 6.07) is 6.95. The summed E-state index contributed by atoms with van der Waals surface area (Å²) < 4.78 is 45.5. The first-order valence-electron chi connectivity index (χ1n) is 9.16. The van der Waals surface area contributed by atoms with Gasteiger partial charge in [-0.2, -0.15) is 13.2 Å². The maximum atomic E-state index is 13.4. The van der Waals surface area contributed by atoms with Gasteiger partial charge in [-0.3, -0.25) is 4.90 Å². The van der Waals surface area contributed by atoms with Crippen molar-refractivity contribution in [1.29, 1.82) is 0 Å². The van der Waals surface area contributed by atoms with E-state index in [9.17, 15) is 18.0 Å². The largest absolute Gasteiger partial charge is 0.445 e. The highest BCUT2D eigenvalue weighted by atomic mass is 19.4. The molecule has 0 aliphatic carbocycles. The van der Waals surface area contributed by atoms with Gasteiger partial charge in [-0.05, 0) is 31.2 Å². The van der Waals surface area contributed by atoms with Crippen LogP contribution in [-0.2, 0) is 11.3 Å². The van der Waals surface area contributed by atoms with Crippen molar-refractivity contribution in [3.63, 3.8) is 0 Å². The van der Waals surface area contributed by atoms with Gasteiger partial charge in [0.1, 0.15) is 12.6 Å². The molecule has 1 unspecified atom stereocenters. The van der Waals surface area contributed by atoms with E-state index in [0.717, 1.165) is 36.1 Å². The fourth-order valence-corrected chi connectivity index (χ4v) is 2.70. The van der Waals surface area contributed by atoms with E-state index in [0.29, 0.717) is 6.42 Å². The summed E-state index contributed by atoms with van der Waals surface area (Å²) in [7, 11) is 0. The third kappa shape index (κ3) is 8.80. The highest BCUT2D eigenvalue weighted by molar-refractivity contribution is 5.68. The quantitative estimate of drug-likeness (QED) is 0.314. The molecule has 0 spiro atoms. The number of halogens is 3. The van der Waals surface area contributed by atoms with Crippen molar-refractivity contribution in [1.82, 2.24) is 4.90 Å². The van der Waals surface area contributed by atoms with Crippen LogP contribution >= 0.6 is 0 Å². The number of unbranched alkanes of at least 4 members (excludes halogenated alkanes) is 4. The Labute approximate surface area is 159 Å². The van der Waals surface area contributed by atoms with Gasteiger partial charge in [0.25, 0.3) is 0 Å². The summed E-state index contributed by atoms with van der Waals surface area (Å²) in [4.78, 5) is 13.2. The fraction of sp³-hybridized carbons (Fsp3) is 0.476. The SMILES string of the molecule is C=CCCCCCCN(C(=O)OCc1ccccc1)C(CC=C)C(F)(F)F. The molecular weight excluding hydrogens is 355 g/mol. The van der Waals surface area contributed by atoms with E-state index in [1.54, 1.807) is 24.3 Å². The molecule has 0 aromatic heterocycles. The molecule has 0 aliphatic heterocycles. The second kappa shape index (κ2) is 12.2. The number of alkyl halides is 3. The van der Waals surface area contributed by atoms with Crippen LogP contribution in [0.1, 0.15) is 44.1 Å². The van der Waals surface area contributed by atoms with Crippen LogP contribution < -0.4 is 0 Å². The maximum Gasteiger partial charge on any atom is 0.410 e. The standard InChI is InChI=1S/C21H28F3NO2/c1-3-5-6-7-8-12-16-25(19(13-4-2)21(22,23)24)20(26)27-17-18-14-10-9-11-15-18/h3-4,9-11,14-15,19H,1-2,5-8,12-13,16-17H2. The van der Waals surface area contributed by atoms with E-state index in [4.69, 9.17) is 4.74 Å². The predicted molar refractivity (Wildman–Crippen MR) is 101 cm³/mol. The lowest BCUT2D eigenvalue weighted by atomic mass is 10.1. The van der Waals surface area contributed by atoms with Gasteiger partial charge in [0.2, 0.25) is 0 Å². The molecule has 0 N–H and O–H groups in total. The van der Waals surface area contributed by atoms with Gasteiger partial charge < -0.3 is 4.74 Å². The van der Waals surface area contributed by atoms with E-state index < -0.39 is 18.3 Å². The van der Waals surface area contributed by atoms with Gasteiger partial charge in [0.15, 0.2) is 0 Å². The zero-order valence-corrected chi connectivity index (χ0v) is 15.6. The number of ether oxygens (including phenoxy) is 1. The Hall–Kier alpha value is -2.24. The number of allylic oxidation sites excluding steroid dienone is 1. The van der Waals surface area contributed by atoms with Crippen LogP contribution in [0.25, 0.3) is 0 Å². The number of carbonyl (C=O) groups is 1. The minimum Gasteiger partial charge on any atom is -0.445 e. The summed E-state index contributed by atoms with van der Waals surface area (Å²) in [6.45, 7) is 6.97. The van der Waals surface area contributed by atoms with E-state index in [-0.39, 0.29) is 19.6 Å².